The second-order valence-corrected chi connectivity index (χ2v) is 3.20. The highest BCUT2D eigenvalue weighted by atomic mass is 14.7. The summed E-state index contributed by atoms with van der Waals surface area (Å²) < 4.78 is 0. The summed E-state index contributed by atoms with van der Waals surface area (Å²) in [7, 11) is 0. The molecule has 0 heterocycles. The Labute approximate surface area is 104 Å². The summed E-state index contributed by atoms with van der Waals surface area (Å²) >= 11 is 0. The van der Waals surface area contributed by atoms with E-state index < -0.39 is 0 Å². The average Bonchev–Trinajstić information content (AvgIpc) is 2.34. The Morgan fingerprint density at radius 3 is 2.18 bits per heavy atom. The molecule has 88 valence electrons. The summed E-state index contributed by atoms with van der Waals surface area (Å²) in [4.78, 5) is 4.29. The van der Waals surface area contributed by atoms with E-state index in [1.165, 1.54) is 0 Å². The highest BCUT2D eigenvalue weighted by Gasteiger charge is 2.01. The third kappa shape index (κ3) is 5.47. The molecule has 1 heteroatoms. The van der Waals surface area contributed by atoms with Crippen LogP contribution in [0.4, 0.5) is 0 Å². The lowest BCUT2D eigenvalue weighted by atomic mass is 10.1. The number of hydrogen-bond acceptors (Lipinski definition) is 1. The van der Waals surface area contributed by atoms with Crippen molar-refractivity contribution in [2.45, 2.75) is 6.92 Å². The van der Waals surface area contributed by atoms with Crippen molar-refractivity contribution in [1.82, 2.24) is 0 Å². The molecule has 0 unspecified atom stereocenters. The Bertz CT molecular complexity index is 415. The predicted octanol–water partition coefficient (Wildman–Crippen LogP) is 4.56. The minimum atomic E-state index is 0.807. The van der Waals surface area contributed by atoms with E-state index in [0.29, 0.717) is 0 Å². The highest BCUT2D eigenvalue weighted by Crippen LogP contribution is 2.18. The van der Waals surface area contributed by atoms with Crippen LogP contribution in [0.1, 0.15) is 6.92 Å². The zero-order chi connectivity index (χ0) is 13.1. The molecule has 0 aliphatic carbocycles. The number of allylic oxidation sites excluding steroid dienone is 8. The second-order valence-electron chi connectivity index (χ2n) is 3.20. The van der Waals surface area contributed by atoms with Crippen LogP contribution in [0.5, 0.6) is 0 Å². The maximum Gasteiger partial charge on any atom is 0.0704 e. The van der Waals surface area contributed by atoms with Crippen LogP contribution < -0.4 is 0 Å². The van der Waals surface area contributed by atoms with Gasteiger partial charge in [0.2, 0.25) is 0 Å². The molecule has 0 saturated carbocycles. The minimum absolute atomic E-state index is 0.807. The monoisotopic (exact) mass is 225 g/mol. The van der Waals surface area contributed by atoms with Gasteiger partial charge in [-0.2, -0.15) is 0 Å². The van der Waals surface area contributed by atoms with Crippen LogP contribution in [0, 0.1) is 0 Å². The van der Waals surface area contributed by atoms with Gasteiger partial charge in [0.25, 0.3) is 0 Å². The molecular formula is C16H19N. The minimum Gasteiger partial charge on any atom is -0.256 e. The van der Waals surface area contributed by atoms with E-state index in [1.54, 1.807) is 30.5 Å². The first-order valence-corrected chi connectivity index (χ1v) is 5.31. The summed E-state index contributed by atoms with van der Waals surface area (Å²) in [6, 6.07) is 0. The number of aliphatic imine (C=N–C) groups is 1. The van der Waals surface area contributed by atoms with Crippen LogP contribution in [0.25, 0.3) is 0 Å². The van der Waals surface area contributed by atoms with Crippen molar-refractivity contribution in [3.63, 3.8) is 0 Å². The quantitative estimate of drug-likeness (QED) is 0.445. The largest absolute Gasteiger partial charge is 0.256 e. The van der Waals surface area contributed by atoms with Crippen molar-refractivity contribution in [2.75, 3.05) is 0 Å². The van der Waals surface area contributed by atoms with Crippen LogP contribution in [-0.2, 0) is 0 Å². The van der Waals surface area contributed by atoms with Gasteiger partial charge in [-0.3, -0.25) is 4.99 Å². The molecule has 0 rings (SSSR count). The van der Waals surface area contributed by atoms with Crippen molar-refractivity contribution in [1.29, 1.82) is 0 Å². The Kier molecular flexibility index (Phi) is 7.95. The van der Waals surface area contributed by atoms with Crippen molar-refractivity contribution >= 4 is 6.21 Å². The van der Waals surface area contributed by atoms with Crippen LogP contribution >= 0.6 is 0 Å². The average molecular weight is 225 g/mol. The standard InChI is InChI=1S/C16H19N/c1-6-10-12-14(5)15(9-4)16(11-7-2)17-13-8-3/h6-13H,1-4H2,5H3/b12-10-,15-14+,16-11-,17-13-. The third-order valence-electron chi connectivity index (χ3n) is 1.98. The van der Waals surface area contributed by atoms with Crippen LogP contribution in [0.3, 0.4) is 0 Å². The molecule has 0 fully saturated rings. The molecule has 1 nitrogen and oxygen atoms in total. The van der Waals surface area contributed by atoms with Gasteiger partial charge in [-0.25, -0.2) is 0 Å². The van der Waals surface area contributed by atoms with E-state index in [4.69, 9.17) is 0 Å². The molecule has 0 atom stereocenters. The zero-order valence-electron chi connectivity index (χ0n) is 10.4. The van der Waals surface area contributed by atoms with Gasteiger partial charge in [-0.1, -0.05) is 62.8 Å². The van der Waals surface area contributed by atoms with E-state index in [9.17, 15) is 0 Å². The lowest BCUT2D eigenvalue weighted by molar-refractivity contribution is 1.30. The van der Waals surface area contributed by atoms with Gasteiger partial charge < -0.3 is 0 Å². The topological polar surface area (TPSA) is 12.4 Å². The molecule has 0 radical (unpaired) electrons. The van der Waals surface area contributed by atoms with Crippen LogP contribution in [-0.4, -0.2) is 6.21 Å². The zero-order valence-corrected chi connectivity index (χ0v) is 10.4. The second kappa shape index (κ2) is 9.10. The summed E-state index contributed by atoms with van der Waals surface area (Å²) in [5, 5.41) is 0. The smallest absolute Gasteiger partial charge is 0.0704 e. The van der Waals surface area contributed by atoms with Gasteiger partial charge in [-0.15, -0.1) is 0 Å². The molecule has 17 heavy (non-hydrogen) atoms. The lowest BCUT2D eigenvalue weighted by Crippen LogP contribution is -1.88. The fraction of sp³-hybridized carbons (Fsp3) is 0.0625. The van der Waals surface area contributed by atoms with E-state index in [-0.39, 0.29) is 0 Å². The Morgan fingerprint density at radius 2 is 1.71 bits per heavy atom. The first kappa shape index (κ1) is 14.8. The van der Waals surface area contributed by atoms with E-state index >= 15 is 0 Å². The molecule has 0 bridgehead atoms. The number of rotatable bonds is 7. The van der Waals surface area contributed by atoms with Gasteiger partial charge in [0, 0.05) is 11.8 Å². The van der Waals surface area contributed by atoms with Crippen LogP contribution in [0.2, 0.25) is 0 Å². The third-order valence-corrected chi connectivity index (χ3v) is 1.98. The van der Waals surface area contributed by atoms with Crippen molar-refractivity contribution in [3.05, 3.63) is 85.7 Å². The van der Waals surface area contributed by atoms with Gasteiger partial charge in [0.05, 0.1) is 5.70 Å². The fourth-order valence-electron chi connectivity index (χ4n) is 1.22. The van der Waals surface area contributed by atoms with E-state index in [1.807, 2.05) is 25.2 Å². The molecule has 0 saturated heterocycles. The van der Waals surface area contributed by atoms with Crippen molar-refractivity contribution < 1.29 is 0 Å². The first-order valence-electron chi connectivity index (χ1n) is 5.31. The molecule has 0 aliphatic rings. The Morgan fingerprint density at radius 1 is 1.00 bits per heavy atom. The molecule has 0 N–H and O–H groups in total. The van der Waals surface area contributed by atoms with E-state index in [0.717, 1.165) is 16.8 Å². The fourth-order valence-corrected chi connectivity index (χ4v) is 1.22. The maximum absolute atomic E-state index is 4.29. The number of nitrogens with zero attached hydrogens (tertiary/aromatic N) is 1. The molecule has 0 aromatic carbocycles. The van der Waals surface area contributed by atoms with Crippen molar-refractivity contribution in [2.24, 2.45) is 4.99 Å². The summed E-state index contributed by atoms with van der Waals surface area (Å²) in [5.41, 5.74) is 2.83. The van der Waals surface area contributed by atoms with Gasteiger partial charge in [0.15, 0.2) is 0 Å². The molecule has 0 aromatic rings. The first-order chi connectivity index (χ1) is 8.21. The Hall–Kier alpha value is -2.15. The summed E-state index contributed by atoms with van der Waals surface area (Å²) in [6.45, 7) is 16.7. The van der Waals surface area contributed by atoms with E-state index in [2.05, 4.69) is 31.3 Å². The maximum atomic E-state index is 4.29. The molecular weight excluding hydrogens is 206 g/mol. The molecule has 0 aromatic heterocycles. The number of hydrogen-bond donors (Lipinski definition) is 0. The predicted molar refractivity (Wildman–Crippen MR) is 79.2 cm³/mol. The van der Waals surface area contributed by atoms with Gasteiger partial charge in [0.1, 0.15) is 0 Å². The SMILES string of the molecule is C=C\C=C/C(C)=C(C=C)/C(=C/C=C)/N=C\C=C. The van der Waals surface area contributed by atoms with Gasteiger partial charge in [-0.05, 0) is 18.6 Å². The summed E-state index contributed by atoms with van der Waals surface area (Å²) in [5.74, 6) is 0. The van der Waals surface area contributed by atoms with Crippen molar-refractivity contribution in [3.8, 4) is 0 Å². The molecule has 0 aliphatic heterocycles. The van der Waals surface area contributed by atoms with Crippen LogP contribution in [0.15, 0.2) is 90.7 Å². The normalized spacial score (nSPS) is 13.6. The molecule has 0 spiro atoms. The lowest BCUT2D eigenvalue weighted by Gasteiger charge is -2.05. The summed E-state index contributed by atoms with van der Waals surface area (Å²) in [6.07, 6.45) is 14.2. The van der Waals surface area contributed by atoms with Gasteiger partial charge >= 0.3 is 0 Å². The molecule has 0 amide bonds. The Balaban J connectivity index is 5.51. The highest BCUT2D eigenvalue weighted by molar-refractivity contribution is 5.72.